The first-order chi connectivity index (χ1) is 8.11. The van der Waals surface area contributed by atoms with E-state index >= 15 is 0 Å². The number of hydrogen-bond donors (Lipinski definition) is 1. The molecule has 1 aliphatic carbocycles. The summed E-state index contributed by atoms with van der Waals surface area (Å²) in [4.78, 5) is 0. The highest BCUT2D eigenvalue weighted by Gasteiger charge is 2.31. The summed E-state index contributed by atoms with van der Waals surface area (Å²) in [6.45, 7) is 0.688. The highest BCUT2D eigenvalue weighted by atomic mass is 35.5. The maximum Gasteiger partial charge on any atom is 0.214 e. The maximum absolute atomic E-state index is 12.0. The second-order valence-corrected chi connectivity index (χ2v) is 7.09. The van der Waals surface area contributed by atoms with Gasteiger partial charge in [-0.3, -0.25) is 0 Å². The molecule has 3 unspecified atom stereocenters. The van der Waals surface area contributed by atoms with E-state index in [1.807, 2.05) is 0 Å². The van der Waals surface area contributed by atoms with Gasteiger partial charge in [-0.05, 0) is 31.6 Å². The van der Waals surface area contributed by atoms with Gasteiger partial charge < -0.3 is 4.74 Å². The Bertz CT molecular complexity index is 341. The Morgan fingerprint density at radius 3 is 2.71 bits per heavy atom. The Morgan fingerprint density at radius 2 is 2.06 bits per heavy atom. The fourth-order valence-corrected chi connectivity index (χ4v) is 4.67. The van der Waals surface area contributed by atoms with Gasteiger partial charge in [0.2, 0.25) is 10.0 Å². The molecule has 2 aliphatic rings. The first-order valence-corrected chi connectivity index (χ1v) is 8.47. The van der Waals surface area contributed by atoms with Gasteiger partial charge in [-0.2, -0.15) is 0 Å². The van der Waals surface area contributed by atoms with E-state index in [0.717, 1.165) is 32.1 Å². The molecule has 0 spiro atoms. The van der Waals surface area contributed by atoms with Gasteiger partial charge in [-0.15, -0.1) is 11.6 Å². The van der Waals surface area contributed by atoms with Crippen molar-refractivity contribution in [2.45, 2.75) is 44.2 Å². The Morgan fingerprint density at radius 1 is 1.24 bits per heavy atom. The molecule has 1 saturated carbocycles. The van der Waals surface area contributed by atoms with Crippen molar-refractivity contribution in [3.8, 4) is 0 Å². The minimum atomic E-state index is -3.23. The van der Waals surface area contributed by atoms with Crippen molar-refractivity contribution < 1.29 is 13.2 Å². The number of halogens is 1. The topological polar surface area (TPSA) is 55.4 Å². The maximum atomic E-state index is 12.0. The number of nitrogens with one attached hydrogen (secondary N) is 1. The van der Waals surface area contributed by atoms with Crippen molar-refractivity contribution in [2.75, 3.05) is 18.2 Å². The van der Waals surface area contributed by atoms with Gasteiger partial charge in [0.15, 0.2) is 0 Å². The summed E-state index contributed by atoms with van der Waals surface area (Å²) in [6.07, 6.45) is 4.69. The molecular weight excluding hydrogens is 262 g/mol. The van der Waals surface area contributed by atoms with Crippen molar-refractivity contribution in [1.82, 2.24) is 4.72 Å². The molecule has 6 heteroatoms. The lowest BCUT2D eigenvalue weighted by atomic mass is 10.1. The lowest BCUT2D eigenvalue weighted by Gasteiger charge is -2.20. The third-order valence-corrected chi connectivity index (χ3v) is 5.49. The van der Waals surface area contributed by atoms with E-state index in [4.69, 9.17) is 16.3 Å². The van der Waals surface area contributed by atoms with Crippen LogP contribution in [0.5, 0.6) is 0 Å². The SMILES string of the molecule is O=S(=O)(CC1CCCO1)NC1CCCC1CCl. The second kappa shape index (κ2) is 5.87. The lowest BCUT2D eigenvalue weighted by Crippen LogP contribution is -2.41. The zero-order valence-corrected chi connectivity index (χ0v) is 11.5. The first-order valence-electron chi connectivity index (χ1n) is 6.28. The van der Waals surface area contributed by atoms with Crippen molar-refractivity contribution in [3.63, 3.8) is 0 Å². The van der Waals surface area contributed by atoms with Crippen LogP contribution < -0.4 is 4.72 Å². The normalized spacial score (nSPS) is 34.3. The molecule has 0 aromatic carbocycles. The van der Waals surface area contributed by atoms with Crippen LogP contribution >= 0.6 is 11.6 Å². The van der Waals surface area contributed by atoms with Crippen LogP contribution in [0.1, 0.15) is 32.1 Å². The molecule has 2 rings (SSSR count). The monoisotopic (exact) mass is 281 g/mol. The van der Waals surface area contributed by atoms with Crippen molar-refractivity contribution in [2.24, 2.45) is 5.92 Å². The summed E-state index contributed by atoms with van der Waals surface area (Å²) in [5.41, 5.74) is 0. The van der Waals surface area contributed by atoms with Crippen LogP contribution in [0.3, 0.4) is 0 Å². The van der Waals surface area contributed by atoms with Gasteiger partial charge in [-0.1, -0.05) is 6.42 Å². The molecule has 0 radical (unpaired) electrons. The van der Waals surface area contributed by atoms with Gasteiger partial charge in [0.1, 0.15) is 0 Å². The summed E-state index contributed by atoms with van der Waals surface area (Å²) >= 11 is 5.84. The number of ether oxygens (including phenoxy) is 1. The van der Waals surface area contributed by atoms with E-state index in [1.54, 1.807) is 0 Å². The van der Waals surface area contributed by atoms with E-state index in [1.165, 1.54) is 0 Å². The summed E-state index contributed by atoms with van der Waals surface area (Å²) in [5, 5.41) is 0. The van der Waals surface area contributed by atoms with E-state index in [9.17, 15) is 8.42 Å². The standard InChI is InChI=1S/C11H20ClNO3S/c12-7-9-3-1-5-11(9)13-17(14,15)8-10-4-2-6-16-10/h9-11,13H,1-8H2. The average molecular weight is 282 g/mol. The fourth-order valence-electron chi connectivity index (χ4n) is 2.68. The van der Waals surface area contributed by atoms with Crippen LogP contribution in [0, 0.1) is 5.92 Å². The molecule has 3 atom stereocenters. The molecule has 2 fully saturated rings. The molecule has 1 heterocycles. The summed E-state index contributed by atoms with van der Waals surface area (Å²) in [6, 6.07) is 0.0268. The summed E-state index contributed by atoms with van der Waals surface area (Å²) < 4.78 is 32.1. The third-order valence-electron chi connectivity index (χ3n) is 3.62. The van der Waals surface area contributed by atoms with E-state index in [0.29, 0.717) is 12.5 Å². The quantitative estimate of drug-likeness (QED) is 0.777. The molecule has 4 nitrogen and oxygen atoms in total. The van der Waals surface area contributed by atoms with Crippen LogP contribution in [0.25, 0.3) is 0 Å². The van der Waals surface area contributed by atoms with E-state index < -0.39 is 10.0 Å². The molecule has 1 aliphatic heterocycles. The molecule has 0 amide bonds. The smallest absolute Gasteiger partial charge is 0.214 e. The fraction of sp³-hybridized carbons (Fsp3) is 1.00. The largest absolute Gasteiger partial charge is 0.377 e. The van der Waals surface area contributed by atoms with Crippen LogP contribution in [-0.2, 0) is 14.8 Å². The second-order valence-electron chi connectivity index (χ2n) is 4.99. The summed E-state index contributed by atoms with van der Waals surface area (Å²) in [5.74, 6) is 0.918. The predicted octanol–water partition coefficient (Wildman–Crippen LogP) is 1.49. The molecule has 1 N–H and O–H groups in total. The predicted molar refractivity (Wildman–Crippen MR) is 67.7 cm³/mol. The molecule has 1 saturated heterocycles. The van der Waals surface area contributed by atoms with Gasteiger partial charge >= 0.3 is 0 Å². The first kappa shape index (κ1) is 13.6. The third kappa shape index (κ3) is 3.81. The lowest BCUT2D eigenvalue weighted by molar-refractivity contribution is 0.127. The molecule has 0 bridgehead atoms. The van der Waals surface area contributed by atoms with E-state index in [-0.39, 0.29) is 23.8 Å². The minimum absolute atomic E-state index is 0.0268. The zero-order chi connectivity index (χ0) is 12.3. The van der Waals surface area contributed by atoms with Crippen LogP contribution in [0.2, 0.25) is 0 Å². The molecule has 100 valence electrons. The number of sulfonamides is 1. The van der Waals surface area contributed by atoms with Gasteiger partial charge in [-0.25, -0.2) is 13.1 Å². The van der Waals surface area contributed by atoms with Gasteiger partial charge in [0.25, 0.3) is 0 Å². The van der Waals surface area contributed by atoms with Crippen LogP contribution in [0.4, 0.5) is 0 Å². The van der Waals surface area contributed by atoms with Crippen molar-refractivity contribution >= 4 is 21.6 Å². The van der Waals surface area contributed by atoms with Crippen LogP contribution in [0.15, 0.2) is 0 Å². The van der Waals surface area contributed by atoms with Crippen molar-refractivity contribution in [1.29, 1.82) is 0 Å². The Balaban J connectivity index is 1.87. The molecular formula is C11H20ClNO3S. The van der Waals surface area contributed by atoms with E-state index in [2.05, 4.69) is 4.72 Å². The highest BCUT2D eigenvalue weighted by molar-refractivity contribution is 7.89. The zero-order valence-electron chi connectivity index (χ0n) is 9.90. The molecule has 0 aromatic rings. The van der Waals surface area contributed by atoms with Crippen molar-refractivity contribution in [3.05, 3.63) is 0 Å². The molecule has 0 aromatic heterocycles. The minimum Gasteiger partial charge on any atom is -0.377 e. The van der Waals surface area contributed by atoms with Gasteiger partial charge in [0.05, 0.1) is 11.9 Å². The Kier molecular flexibility index (Phi) is 4.69. The molecule has 17 heavy (non-hydrogen) atoms. The van der Waals surface area contributed by atoms with Gasteiger partial charge in [0, 0.05) is 18.5 Å². The Labute approximate surface area is 108 Å². The number of rotatable bonds is 5. The Hall–Kier alpha value is 0.160. The average Bonchev–Trinajstić information content (AvgIpc) is 2.87. The number of hydrogen-bond acceptors (Lipinski definition) is 3. The highest BCUT2D eigenvalue weighted by Crippen LogP contribution is 2.27. The summed E-state index contributed by atoms with van der Waals surface area (Å²) in [7, 11) is -3.23. The number of alkyl halides is 1. The van der Waals surface area contributed by atoms with Crippen LogP contribution in [-0.4, -0.2) is 38.8 Å².